The maximum absolute atomic E-state index is 12.9. The standard InChI is InChI=1S/C14H21NO4S/c1-10-6-11(2)14(12(3)7-10)20(17,18)15-4-5-19-9-13(15)8-16/h6-7,13,16H,4-5,8-9H2,1-3H3. The second-order valence-electron chi connectivity index (χ2n) is 5.25. The Hall–Kier alpha value is -0.950. The number of morpholine rings is 1. The van der Waals surface area contributed by atoms with Crippen LogP contribution < -0.4 is 0 Å². The minimum Gasteiger partial charge on any atom is -0.395 e. The zero-order valence-electron chi connectivity index (χ0n) is 12.1. The molecule has 1 heterocycles. The number of hydrogen-bond acceptors (Lipinski definition) is 4. The lowest BCUT2D eigenvalue weighted by molar-refractivity contribution is 0.0109. The molecule has 1 aliphatic heterocycles. The molecule has 0 saturated carbocycles. The van der Waals surface area contributed by atoms with E-state index in [1.807, 2.05) is 19.1 Å². The van der Waals surface area contributed by atoms with Crippen LogP contribution in [-0.4, -0.2) is 50.2 Å². The predicted molar refractivity (Wildman–Crippen MR) is 76.2 cm³/mol. The largest absolute Gasteiger partial charge is 0.395 e. The molecule has 0 aromatic heterocycles. The molecule has 20 heavy (non-hydrogen) atoms. The Balaban J connectivity index is 2.49. The van der Waals surface area contributed by atoms with Crippen LogP contribution in [-0.2, 0) is 14.8 Å². The summed E-state index contributed by atoms with van der Waals surface area (Å²) in [6, 6.07) is 3.23. The van der Waals surface area contributed by atoms with E-state index < -0.39 is 16.1 Å². The van der Waals surface area contributed by atoms with Gasteiger partial charge in [-0.05, 0) is 31.9 Å². The number of sulfonamides is 1. The summed E-state index contributed by atoms with van der Waals surface area (Å²) in [5, 5.41) is 9.37. The topological polar surface area (TPSA) is 66.8 Å². The monoisotopic (exact) mass is 299 g/mol. The van der Waals surface area contributed by atoms with Gasteiger partial charge in [0.2, 0.25) is 10.0 Å². The smallest absolute Gasteiger partial charge is 0.244 e. The highest BCUT2D eigenvalue weighted by atomic mass is 32.2. The summed E-state index contributed by atoms with van der Waals surface area (Å²) < 4.78 is 32.3. The minimum atomic E-state index is -3.61. The number of ether oxygens (including phenoxy) is 1. The zero-order chi connectivity index (χ0) is 14.9. The molecule has 1 N–H and O–H groups in total. The first kappa shape index (κ1) is 15.4. The summed E-state index contributed by atoms with van der Waals surface area (Å²) in [4.78, 5) is 0.350. The molecule has 1 atom stereocenters. The summed E-state index contributed by atoms with van der Waals surface area (Å²) in [5.41, 5.74) is 2.52. The maximum atomic E-state index is 12.9. The van der Waals surface area contributed by atoms with E-state index in [2.05, 4.69) is 0 Å². The van der Waals surface area contributed by atoms with Crippen molar-refractivity contribution in [2.45, 2.75) is 31.7 Å². The van der Waals surface area contributed by atoms with Crippen LogP contribution in [0.25, 0.3) is 0 Å². The van der Waals surface area contributed by atoms with Gasteiger partial charge in [0.05, 0.1) is 30.8 Å². The second kappa shape index (κ2) is 5.81. The first-order valence-electron chi connectivity index (χ1n) is 6.66. The number of rotatable bonds is 3. The SMILES string of the molecule is Cc1cc(C)c(S(=O)(=O)N2CCOCC2CO)c(C)c1. The van der Waals surface area contributed by atoms with E-state index in [9.17, 15) is 13.5 Å². The summed E-state index contributed by atoms with van der Waals surface area (Å²) in [6.45, 7) is 6.20. The Kier molecular flexibility index (Phi) is 4.49. The van der Waals surface area contributed by atoms with Crippen LogP contribution in [0.4, 0.5) is 0 Å². The van der Waals surface area contributed by atoms with E-state index in [1.54, 1.807) is 13.8 Å². The Morgan fingerprint density at radius 2 is 1.90 bits per heavy atom. The van der Waals surface area contributed by atoms with Crippen LogP contribution >= 0.6 is 0 Å². The molecule has 1 fully saturated rings. The first-order chi connectivity index (χ1) is 9.37. The van der Waals surface area contributed by atoms with Gasteiger partial charge in [-0.3, -0.25) is 0 Å². The number of hydrogen-bond donors (Lipinski definition) is 1. The quantitative estimate of drug-likeness (QED) is 0.904. The third-order valence-electron chi connectivity index (χ3n) is 3.56. The summed E-state index contributed by atoms with van der Waals surface area (Å²) >= 11 is 0. The second-order valence-corrected chi connectivity index (χ2v) is 7.08. The van der Waals surface area contributed by atoms with Crippen LogP contribution in [0.15, 0.2) is 17.0 Å². The lowest BCUT2D eigenvalue weighted by Crippen LogP contribution is -2.50. The first-order valence-corrected chi connectivity index (χ1v) is 8.10. The van der Waals surface area contributed by atoms with Crippen molar-refractivity contribution in [2.75, 3.05) is 26.4 Å². The molecule has 112 valence electrons. The third-order valence-corrected chi connectivity index (χ3v) is 5.81. The Bertz CT molecular complexity index is 574. The van der Waals surface area contributed by atoms with Gasteiger partial charge in [-0.1, -0.05) is 17.7 Å². The molecule has 0 aliphatic carbocycles. The molecule has 1 aliphatic rings. The molecule has 1 saturated heterocycles. The molecule has 0 radical (unpaired) electrons. The van der Waals surface area contributed by atoms with Crippen molar-refractivity contribution in [1.82, 2.24) is 4.31 Å². The van der Waals surface area contributed by atoms with Crippen LogP contribution in [0, 0.1) is 20.8 Å². The average molecular weight is 299 g/mol. The predicted octanol–water partition coefficient (Wildman–Crippen LogP) is 0.994. The van der Waals surface area contributed by atoms with Crippen molar-refractivity contribution in [3.8, 4) is 0 Å². The van der Waals surface area contributed by atoms with Gasteiger partial charge in [0.25, 0.3) is 0 Å². The molecule has 0 spiro atoms. The molecule has 2 rings (SSSR count). The molecular formula is C14H21NO4S. The van der Waals surface area contributed by atoms with E-state index in [0.717, 1.165) is 16.7 Å². The van der Waals surface area contributed by atoms with Gasteiger partial charge in [-0.25, -0.2) is 8.42 Å². The van der Waals surface area contributed by atoms with Crippen molar-refractivity contribution in [2.24, 2.45) is 0 Å². The minimum absolute atomic E-state index is 0.233. The Labute approximate surface area is 120 Å². The van der Waals surface area contributed by atoms with E-state index >= 15 is 0 Å². The molecule has 0 bridgehead atoms. The fourth-order valence-electron chi connectivity index (χ4n) is 2.79. The van der Waals surface area contributed by atoms with Crippen molar-refractivity contribution in [1.29, 1.82) is 0 Å². The molecule has 1 aromatic carbocycles. The summed E-state index contributed by atoms with van der Waals surface area (Å²) in [7, 11) is -3.61. The molecule has 1 aromatic rings. The highest BCUT2D eigenvalue weighted by Crippen LogP contribution is 2.27. The van der Waals surface area contributed by atoms with Gasteiger partial charge in [-0.15, -0.1) is 0 Å². The van der Waals surface area contributed by atoms with Crippen LogP contribution in [0.3, 0.4) is 0 Å². The van der Waals surface area contributed by atoms with Crippen LogP contribution in [0.2, 0.25) is 0 Å². The molecular weight excluding hydrogens is 278 g/mol. The lowest BCUT2D eigenvalue weighted by atomic mass is 10.1. The van der Waals surface area contributed by atoms with Gasteiger partial charge in [0, 0.05) is 6.54 Å². The zero-order valence-corrected chi connectivity index (χ0v) is 12.9. The van der Waals surface area contributed by atoms with Gasteiger partial charge in [0.15, 0.2) is 0 Å². The number of aliphatic hydroxyl groups is 1. The molecule has 0 amide bonds. The van der Waals surface area contributed by atoms with Gasteiger partial charge in [-0.2, -0.15) is 4.31 Å². The Morgan fingerprint density at radius 3 is 2.45 bits per heavy atom. The number of nitrogens with zero attached hydrogens (tertiary/aromatic N) is 1. The normalized spacial score (nSPS) is 21.1. The highest BCUT2D eigenvalue weighted by Gasteiger charge is 2.35. The number of benzene rings is 1. The van der Waals surface area contributed by atoms with E-state index in [1.165, 1.54) is 4.31 Å². The highest BCUT2D eigenvalue weighted by molar-refractivity contribution is 7.89. The van der Waals surface area contributed by atoms with Crippen LogP contribution in [0.1, 0.15) is 16.7 Å². The van der Waals surface area contributed by atoms with E-state index in [0.29, 0.717) is 11.5 Å². The molecule has 1 unspecified atom stereocenters. The van der Waals surface area contributed by atoms with Crippen LogP contribution in [0.5, 0.6) is 0 Å². The fraction of sp³-hybridized carbons (Fsp3) is 0.571. The third kappa shape index (κ3) is 2.74. The van der Waals surface area contributed by atoms with Crippen molar-refractivity contribution < 1.29 is 18.3 Å². The fourth-order valence-corrected chi connectivity index (χ4v) is 4.79. The van der Waals surface area contributed by atoms with Gasteiger partial charge < -0.3 is 9.84 Å². The van der Waals surface area contributed by atoms with Crippen molar-refractivity contribution in [3.05, 3.63) is 28.8 Å². The Morgan fingerprint density at radius 1 is 1.30 bits per heavy atom. The van der Waals surface area contributed by atoms with Gasteiger partial charge >= 0.3 is 0 Å². The van der Waals surface area contributed by atoms with Crippen molar-refractivity contribution in [3.63, 3.8) is 0 Å². The average Bonchev–Trinajstić information content (AvgIpc) is 2.37. The summed E-state index contributed by atoms with van der Waals surface area (Å²) in [5.74, 6) is 0. The maximum Gasteiger partial charge on any atom is 0.244 e. The van der Waals surface area contributed by atoms with E-state index in [4.69, 9.17) is 4.74 Å². The number of aliphatic hydroxyl groups excluding tert-OH is 1. The number of aryl methyl sites for hydroxylation is 3. The molecule has 6 heteroatoms. The molecule has 5 nitrogen and oxygen atoms in total. The lowest BCUT2D eigenvalue weighted by Gasteiger charge is -2.34. The van der Waals surface area contributed by atoms with Gasteiger partial charge in [0.1, 0.15) is 0 Å². The van der Waals surface area contributed by atoms with Crippen molar-refractivity contribution >= 4 is 10.0 Å². The summed E-state index contributed by atoms with van der Waals surface area (Å²) in [6.07, 6.45) is 0. The van der Waals surface area contributed by atoms with E-state index in [-0.39, 0.29) is 19.8 Å².